The molecule has 2 amide bonds. The number of amides is 2. The Bertz CT molecular complexity index is 4070. The average molecular weight is 1460 g/mol. The standard InChI is InChI=1S/C84H93NO20Si/c1-84(2,3)106(7,8)105-71-66(52-93-47-58-40-44-62(90-5)45-41-58)100-83(76(101-79(88)59-32-20-12-21-33-59)74(71)95-49-55-28-16-10-17-29-55)104-72-68(85-77(86)63-36-24-25-37-64(63)78(85)87)81(98-67-53-97-80(102-69(67)72)60-34-22-13-23-35-60)103-70-65(51-92-46-57-38-42-61(89-4)43-39-57)99-82(91-6)75(96-50-56-30-18-11-19-31-56)73(70)94-48-54-26-14-9-15-27-54/h9-45,65-76,80-83H,46-53H2,1-8H3/t65-,66-,67-,68-,69+,70-,71-,72-,73+,74+,75-,76-,80?,81+,82-,83+/m1/s1. The molecule has 0 N–H and O–H groups in total. The number of imide groups is 1. The van der Waals surface area contributed by atoms with E-state index in [1.807, 2.05) is 170 Å². The van der Waals surface area contributed by atoms with Crippen molar-refractivity contribution in [1.82, 2.24) is 4.90 Å². The maximum atomic E-state index is 15.9. The molecular weight excluding hydrogens is 1370 g/mol. The summed E-state index contributed by atoms with van der Waals surface area (Å²) in [6.07, 6.45) is -18.5. The van der Waals surface area contributed by atoms with Crippen molar-refractivity contribution in [2.24, 2.45) is 0 Å². The molecule has 8 aromatic rings. The molecule has 21 nitrogen and oxygen atoms in total. The smallest absolute Gasteiger partial charge is 0.338 e. The highest BCUT2D eigenvalue weighted by Gasteiger charge is 2.62. The number of rotatable bonds is 30. The number of benzene rings is 8. The molecule has 0 bridgehead atoms. The van der Waals surface area contributed by atoms with E-state index in [0.29, 0.717) is 17.1 Å². The molecule has 5 aliphatic rings. The van der Waals surface area contributed by atoms with Crippen LogP contribution in [0.25, 0.3) is 0 Å². The second kappa shape index (κ2) is 35.1. The van der Waals surface area contributed by atoms with E-state index in [9.17, 15) is 0 Å². The fourth-order valence-electron chi connectivity index (χ4n) is 13.6. The number of esters is 1. The Hall–Kier alpha value is -8.37. The first-order chi connectivity index (χ1) is 51.5. The van der Waals surface area contributed by atoms with Gasteiger partial charge in [0.05, 0.1) is 83.8 Å². The summed E-state index contributed by atoms with van der Waals surface area (Å²) < 4.78 is 118. The molecule has 8 aromatic carbocycles. The predicted octanol–water partition coefficient (Wildman–Crippen LogP) is 13.2. The normalized spacial score (nSPS) is 26.7. The number of methoxy groups -OCH3 is 3. The fraction of sp³-hybridized carbons (Fsp3) is 0.393. The summed E-state index contributed by atoms with van der Waals surface area (Å²) in [4.78, 5) is 48.2. The van der Waals surface area contributed by atoms with Crippen molar-refractivity contribution in [3.63, 3.8) is 0 Å². The van der Waals surface area contributed by atoms with Gasteiger partial charge >= 0.3 is 5.97 Å². The van der Waals surface area contributed by atoms with Gasteiger partial charge in [0.2, 0.25) is 0 Å². The van der Waals surface area contributed by atoms with Crippen molar-refractivity contribution in [1.29, 1.82) is 0 Å². The molecule has 22 heteroatoms. The van der Waals surface area contributed by atoms with E-state index in [1.165, 1.54) is 7.11 Å². The average Bonchev–Trinajstić information content (AvgIpc) is 1.43. The third-order valence-electron chi connectivity index (χ3n) is 20.3. The Morgan fingerprint density at radius 2 is 0.906 bits per heavy atom. The minimum Gasteiger partial charge on any atom is -0.497 e. The Kier molecular flexibility index (Phi) is 25.1. The lowest BCUT2D eigenvalue weighted by Crippen LogP contribution is -2.72. The third-order valence-corrected chi connectivity index (χ3v) is 24.7. The van der Waals surface area contributed by atoms with Gasteiger partial charge in [-0.3, -0.25) is 14.5 Å². The van der Waals surface area contributed by atoms with Crippen LogP contribution in [-0.4, -0.2) is 164 Å². The van der Waals surface area contributed by atoms with Crippen LogP contribution in [0.2, 0.25) is 18.1 Å². The van der Waals surface area contributed by atoms with Crippen molar-refractivity contribution >= 4 is 26.1 Å². The van der Waals surface area contributed by atoms with Crippen molar-refractivity contribution in [2.45, 2.75) is 170 Å². The first kappa shape index (κ1) is 75.8. The van der Waals surface area contributed by atoms with Crippen LogP contribution in [0.4, 0.5) is 0 Å². The number of hydrogen-bond donors (Lipinski definition) is 0. The molecule has 5 heterocycles. The highest BCUT2D eigenvalue weighted by atomic mass is 28.4. The Labute approximate surface area is 620 Å². The van der Waals surface area contributed by atoms with Crippen molar-refractivity contribution in [2.75, 3.05) is 41.2 Å². The molecule has 558 valence electrons. The second-order valence-corrected chi connectivity index (χ2v) is 33.1. The predicted molar refractivity (Wildman–Crippen MR) is 392 cm³/mol. The molecule has 0 saturated carbocycles. The third kappa shape index (κ3) is 17.9. The van der Waals surface area contributed by atoms with E-state index in [-0.39, 0.29) is 74.6 Å². The second-order valence-electron chi connectivity index (χ2n) is 28.3. The summed E-state index contributed by atoms with van der Waals surface area (Å²) >= 11 is 0. The molecule has 0 aromatic heterocycles. The van der Waals surface area contributed by atoms with Crippen LogP contribution in [-0.2, 0) is 104 Å². The van der Waals surface area contributed by atoms with E-state index in [4.69, 9.17) is 80.2 Å². The number of fused-ring (bicyclic) bond motifs is 2. The van der Waals surface area contributed by atoms with Gasteiger partial charge in [0.15, 0.2) is 39.6 Å². The number of nitrogens with zero attached hydrogens (tertiary/aromatic N) is 1. The number of ether oxygens (including phenoxy) is 16. The zero-order valence-electron chi connectivity index (χ0n) is 60.9. The van der Waals surface area contributed by atoms with Crippen LogP contribution >= 0.6 is 0 Å². The molecule has 0 aliphatic carbocycles. The molecule has 1 unspecified atom stereocenters. The maximum Gasteiger partial charge on any atom is 0.338 e. The maximum absolute atomic E-state index is 15.9. The largest absolute Gasteiger partial charge is 0.497 e. The van der Waals surface area contributed by atoms with Gasteiger partial charge in [-0.15, -0.1) is 0 Å². The molecule has 16 atom stereocenters. The zero-order chi connectivity index (χ0) is 73.7. The lowest BCUT2D eigenvalue weighted by Gasteiger charge is -2.54. The zero-order valence-corrected chi connectivity index (χ0v) is 61.9. The SMILES string of the molecule is COc1ccc(COC[C@H]2O[C@@H](OC)[C@H](OCc3ccccc3)[C@@H](OCc3ccccc3)[C@@H]2O[C@@H]2O[C@@H]3COC(c4ccccc4)O[C@@H]3[C@H](O[C@@H]3O[C@H](COCc4ccc(OC)cc4)[C@@H](O[Si](C)(C)C(C)(C)C)[C@H](OCc4ccccc4)[C@H]3OC(=O)c3ccccc3)[C@H]2N2C(=O)c3ccccc3C2=O)cc1. The lowest BCUT2D eigenvalue weighted by molar-refractivity contribution is -0.398. The summed E-state index contributed by atoms with van der Waals surface area (Å²) in [6.45, 7) is 10.7. The Morgan fingerprint density at radius 3 is 1.41 bits per heavy atom. The molecule has 5 aliphatic heterocycles. The van der Waals surface area contributed by atoms with Crippen molar-refractivity contribution in [3.8, 4) is 11.5 Å². The topological polar surface area (TPSA) is 211 Å². The molecular formula is C84H93NO20Si. The van der Waals surface area contributed by atoms with Crippen LogP contribution in [0.5, 0.6) is 11.5 Å². The van der Waals surface area contributed by atoms with E-state index >= 15 is 14.4 Å². The van der Waals surface area contributed by atoms with Crippen LogP contribution in [0.1, 0.15) is 91.5 Å². The molecule has 4 fully saturated rings. The highest BCUT2D eigenvalue weighted by Crippen LogP contribution is 2.46. The summed E-state index contributed by atoms with van der Waals surface area (Å²) in [5.41, 5.74) is 5.29. The quantitative estimate of drug-likeness (QED) is 0.0233. The number of hydrogen-bond acceptors (Lipinski definition) is 20. The van der Waals surface area contributed by atoms with E-state index < -0.39 is 124 Å². The first-order valence-corrected chi connectivity index (χ1v) is 38.9. The number of carbonyl (C=O) groups is 3. The Morgan fingerprint density at radius 1 is 0.462 bits per heavy atom. The molecule has 13 rings (SSSR count). The van der Waals surface area contributed by atoms with Gasteiger partial charge in [-0.05, 0) is 94.5 Å². The fourth-order valence-corrected chi connectivity index (χ4v) is 14.9. The van der Waals surface area contributed by atoms with E-state index in [1.54, 1.807) is 68.8 Å². The summed E-state index contributed by atoms with van der Waals surface area (Å²) in [6, 6.07) is 66.9. The van der Waals surface area contributed by atoms with Gasteiger partial charge < -0.3 is 80.2 Å². The van der Waals surface area contributed by atoms with Crippen LogP contribution in [0.3, 0.4) is 0 Å². The summed E-state index contributed by atoms with van der Waals surface area (Å²) in [5, 5.41) is -0.369. The van der Waals surface area contributed by atoms with E-state index in [2.05, 4.69) is 33.9 Å². The monoisotopic (exact) mass is 1460 g/mol. The van der Waals surface area contributed by atoms with Gasteiger partial charge in [0, 0.05) is 12.7 Å². The molecule has 0 radical (unpaired) electrons. The number of carbonyl (C=O) groups excluding carboxylic acids is 3. The van der Waals surface area contributed by atoms with E-state index in [0.717, 1.165) is 32.7 Å². The summed E-state index contributed by atoms with van der Waals surface area (Å²) in [7, 11) is 1.86. The van der Waals surface area contributed by atoms with Gasteiger partial charge in [-0.1, -0.05) is 197 Å². The molecule has 0 spiro atoms. The highest BCUT2D eigenvalue weighted by molar-refractivity contribution is 6.74. The van der Waals surface area contributed by atoms with Crippen molar-refractivity contribution < 1.29 is 94.6 Å². The lowest BCUT2D eigenvalue weighted by atomic mass is 9.92. The van der Waals surface area contributed by atoms with Crippen LogP contribution in [0.15, 0.2) is 224 Å². The first-order valence-electron chi connectivity index (χ1n) is 36.0. The van der Waals surface area contributed by atoms with Crippen molar-refractivity contribution in [3.05, 3.63) is 275 Å². The minimum absolute atomic E-state index is 0.0189. The van der Waals surface area contributed by atoms with Gasteiger partial charge in [0.25, 0.3) is 11.8 Å². The van der Waals surface area contributed by atoms with Crippen LogP contribution in [0, 0.1) is 0 Å². The van der Waals surface area contributed by atoms with Gasteiger partial charge in [0.1, 0.15) is 78.6 Å². The Balaban J connectivity index is 0.972. The minimum atomic E-state index is -2.88. The molecule has 106 heavy (non-hydrogen) atoms. The summed E-state index contributed by atoms with van der Waals surface area (Å²) in [5.74, 6) is -0.751. The van der Waals surface area contributed by atoms with Crippen LogP contribution < -0.4 is 9.47 Å². The van der Waals surface area contributed by atoms with Gasteiger partial charge in [-0.25, -0.2) is 4.79 Å². The molecule has 4 saturated heterocycles. The van der Waals surface area contributed by atoms with Gasteiger partial charge in [-0.2, -0.15) is 0 Å².